The molecule has 0 amide bonds. The van der Waals surface area contributed by atoms with Crippen molar-refractivity contribution < 1.29 is 0 Å². The lowest BCUT2D eigenvalue weighted by Crippen LogP contribution is -1.94. The molecule has 1 N–H and O–H groups in total. The van der Waals surface area contributed by atoms with E-state index in [2.05, 4.69) is 33.5 Å². The van der Waals surface area contributed by atoms with Crippen LogP contribution >= 0.6 is 11.3 Å². The van der Waals surface area contributed by atoms with Crippen molar-refractivity contribution in [1.82, 2.24) is 9.97 Å². The fraction of sp³-hybridized carbons (Fsp3) is 0.133. The number of aryl methyl sites for hydroxylation is 1. The van der Waals surface area contributed by atoms with Crippen LogP contribution in [0.25, 0.3) is 10.2 Å². The summed E-state index contributed by atoms with van der Waals surface area (Å²) in [7, 11) is 0. The number of benzene rings is 1. The zero-order valence-electron chi connectivity index (χ0n) is 11.1. The lowest BCUT2D eigenvalue weighted by atomic mass is 10.2. The maximum absolute atomic E-state index is 4.29. The van der Waals surface area contributed by atoms with Gasteiger partial charge in [-0.05, 0) is 18.1 Å². The summed E-state index contributed by atoms with van der Waals surface area (Å²) in [5.74, 6) is 0.748. The van der Waals surface area contributed by atoms with E-state index in [1.165, 1.54) is 4.88 Å². The highest BCUT2D eigenvalue weighted by Crippen LogP contribution is 2.28. The minimum Gasteiger partial charge on any atom is -0.261 e. The van der Waals surface area contributed by atoms with Gasteiger partial charge in [0.1, 0.15) is 11.2 Å². The summed E-state index contributed by atoms with van der Waals surface area (Å²) in [6, 6.07) is 12.1. The number of anilines is 1. The molecule has 100 valence electrons. The predicted molar refractivity (Wildman–Crippen MR) is 84.5 cm³/mol. The van der Waals surface area contributed by atoms with Crippen molar-refractivity contribution in [2.45, 2.75) is 13.3 Å². The number of rotatable bonds is 4. The van der Waals surface area contributed by atoms with Crippen molar-refractivity contribution >= 4 is 33.6 Å². The molecule has 2 heterocycles. The van der Waals surface area contributed by atoms with Gasteiger partial charge in [-0.2, -0.15) is 5.10 Å². The summed E-state index contributed by atoms with van der Waals surface area (Å²) in [5, 5.41) is 5.26. The third kappa shape index (κ3) is 2.67. The minimum absolute atomic E-state index is 0.748. The largest absolute Gasteiger partial charge is 0.261 e. The summed E-state index contributed by atoms with van der Waals surface area (Å²) in [6.45, 7) is 2.14. The highest BCUT2D eigenvalue weighted by atomic mass is 32.1. The third-order valence-electron chi connectivity index (χ3n) is 2.91. The third-order valence-corrected chi connectivity index (χ3v) is 4.10. The molecule has 0 radical (unpaired) electrons. The first-order valence-electron chi connectivity index (χ1n) is 6.44. The fourth-order valence-electron chi connectivity index (χ4n) is 1.88. The van der Waals surface area contributed by atoms with Gasteiger partial charge < -0.3 is 0 Å². The van der Waals surface area contributed by atoms with E-state index in [9.17, 15) is 0 Å². The van der Waals surface area contributed by atoms with E-state index in [1.54, 1.807) is 23.9 Å². The van der Waals surface area contributed by atoms with Crippen molar-refractivity contribution in [3.05, 3.63) is 53.2 Å². The number of aromatic nitrogens is 2. The average Bonchev–Trinajstić information content (AvgIpc) is 2.92. The predicted octanol–water partition coefficient (Wildman–Crippen LogP) is 3.70. The van der Waals surface area contributed by atoms with Gasteiger partial charge in [0.05, 0.1) is 11.6 Å². The molecule has 0 bridgehead atoms. The number of thiophene rings is 1. The van der Waals surface area contributed by atoms with Gasteiger partial charge in [0.25, 0.3) is 0 Å². The molecule has 0 aliphatic heterocycles. The van der Waals surface area contributed by atoms with E-state index >= 15 is 0 Å². The normalized spacial score (nSPS) is 11.2. The second kappa shape index (κ2) is 5.79. The number of hydrazone groups is 1. The number of nitrogens with one attached hydrogen (secondary N) is 1. The Morgan fingerprint density at radius 3 is 2.90 bits per heavy atom. The molecule has 1 aromatic carbocycles. The summed E-state index contributed by atoms with van der Waals surface area (Å²) < 4.78 is 0. The molecule has 0 atom stereocenters. The molecule has 2 aromatic heterocycles. The standard InChI is InChI=1S/C15H14N4S/c1-2-12-8-13-14(16-10-17-15(13)20-12)19-18-9-11-6-4-3-5-7-11/h3-10H,2H2,1H3,(H,16,17,19)/b18-9-. The Hall–Kier alpha value is -2.27. The first-order valence-corrected chi connectivity index (χ1v) is 7.26. The van der Waals surface area contributed by atoms with Crippen LogP contribution in [0.3, 0.4) is 0 Å². The first kappa shape index (κ1) is 12.7. The molecule has 3 aromatic rings. The molecule has 0 fully saturated rings. The average molecular weight is 282 g/mol. The van der Waals surface area contributed by atoms with Crippen LogP contribution in [0, 0.1) is 0 Å². The molecule has 0 spiro atoms. The molecule has 0 unspecified atom stereocenters. The van der Waals surface area contributed by atoms with Crippen molar-refractivity contribution in [3.63, 3.8) is 0 Å². The van der Waals surface area contributed by atoms with Crippen LogP contribution in [-0.2, 0) is 6.42 Å². The van der Waals surface area contributed by atoms with E-state index in [1.807, 2.05) is 30.3 Å². The van der Waals surface area contributed by atoms with Crippen molar-refractivity contribution in [2.75, 3.05) is 5.43 Å². The van der Waals surface area contributed by atoms with Gasteiger partial charge in [-0.1, -0.05) is 37.3 Å². The van der Waals surface area contributed by atoms with Crippen LogP contribution in [0.5, 0.6) is 0 Å². The topological polar surface area (TPSA) is 50.2 Å². The van der Waals surface area contributed by atoms with Gasteiger partial charge in [-0.25, -0.2) is 9.97 Å². The highest BCUT2D eigenvalue weighted by molar-refractivity contribution is 7.18. The van der Waals surface area contributed by atoms with E-state index in [0.29, 0.717) is 0 Å². The van der Waals surface area contributed by atoms with Crippen LogP contribution in [0.4, 0.5) is 5.82 Å². The highest BCUT2D eigenvalue weighted by Gasteiger charge is 2.06. The number of nitrogens with zero attached hydrogens (tertiary/aromatic N) is 3. The second-order valence-corrected chi connectivity index (χ2v) is 5.40. The molecule has 0 aliphatic rings. The van der Waals surface area contributed by atoms with Crippen LogP contribution in [0.15, 0.2) is 47.8 Å². The van der Waals surface area contributed by atoms with Gasteiger partial charge in [0, 0.05) is 4.88 Å². The van der Waals surface area contributed by atoms with E-state index < -0.39 is 0 Å². The smallest absolute Gasteiger partial charge is 0.158 e. The Morgan fingerprint density at radius 1 is 1.25 bits per heavy atom. The van der Waals surface area contributed by atoms with Gasteiger partial charge in [-0.3, -0.25) is 5.43 Å². The summed E-state index contributed by atoms with van der Waals surface area (Å²) in [4.78, 5) is 10.8. The van der Waals surface area contributed by atoms with Crippen LogP contribution in [-0.4, -0.2) is 16.2 Å². The van der Waals surface area contributed by atoms with Crippen LogP contribution in [0.1, 0.15) is 17.4 Å². The van der Waals surface area contributed by atoms with Gasteiger partial charge in [-0.15, -0.1) is 11.3 Å². The molecule has 0 aliphatic carbocycles. The Balaban J connectivity index is 1.84. The van der Waals surface area contributed by atoms with Crippen molar-refractivity contribution in [3.8, 4) is 0 Å². The summed E-state index contributed by atoms with van der Waals surface area (Å²) >= 11 is 1.70. The van der Waals surface area contributed by atoms with Crippen molar-refractivity contribution in [2.24, 2.45) is 5.10 Å². The Labute approximate surface area is 121 Å². The van der Waals surface area contributed by atoms with Gasteiger partial charge in [0.15, 0.2) is 5.82 Å². The monoisotopic (exact) mass is 282 g/mol. The van der Waals surface area contributed by atoms with Crippen molar-refractivity contribution in [1.29, 1.82) is 0 Å². The molecular formula is C15H14N4S. The second-order valence-electron chi connectivity index (χ2n) is 4.29. The molecule has 20 heavy (non-hydrogen) atoms. The quantitative estimate of drug-likeness (QED) is 0.586. The minimum atomic E-state index is 0.748. The number of hydrogen-bond acceptors (Lipinski definition) is 5. The molecule has 0 saturated carbocycles. The SMILES string of the molecule is CCc1cc2c(N/N=C\c3ccccc3)ncnc2s1. The molecule has 5 heteroatoms. The number of hydrogen-bond donors (Lipinski definition) is 1. The van der Waals surface area contributed by atoms with E-state index in [0.717, 1.165) is 28.0 Å². The molecule has 3 rings (SSSR count). The van der Waals surface area contributed by atoms with E-state index in [-0.39, 0.29) is 0 Å². The maximum atomic E-state index is 4.29. The number of fused-ring (bicyclic) bond motifs is 1. The molecular weight excluding hydrogens is 268 g/mol. The lowest BCUT2D eigenvalue weighted by Gasteiger charge is -1.99. The zero-order chi connectivity index (χ0) is 13.8. The van der Waals surface area contributed by atoms with Gasteiger partial charge >= 0.3 is 0 Å². The Bertz CT molecular complexity index is 734. The fourth-order valence-corrected chi connectivity index (χ4v) is 2.81. The molecule has 0 saturated heterocycles. The molecule has 4 nitrogen and oxygen atoms in total. The first-order chi connectivity index (χ1) is 9.86. The summed E-state index contributed by atoms with van der Waals surface area (Å²) in [6.07, 6.45) is 4.35. The Morgan fingerprint density at radius 2 is 2.10 bits per heavy atom. The zero-order valence-corrected chi connectivity index (χ0v) is 11.9. The van der Waals surface area contributed by atoms with E-state index in [4.69, 9.17) is 0 Å². The Kier molecular flexibility index (Phi) is 3.69. The van der Waals surface area contributed by atoms with Gasteiger partial charge in [0.2, 0.25) is 0 Å². The van der Waals surface area contributed by atoms with Crippen LogP contribution in [0.2, 0.25) is 0 Å². The summed E-state index contributed by atoms with van der Waals surface area (Å²) in [5.41, 5.74) is 4.04. The maximum Gasteiger partial charge on any atom is 0.158 e. The lowest BCUT2D eigenvalue weighted by molar-refractivity contribution is 1.18. The van der Waals surface area contributed by atoms with Crippen LogP contribution < -0.4 is 5.43 Å².